The van der Waals surface area contributed by atoms with Crippen molar-refractivity contribution in [2.45, 2.75) is 6.92 Å². The van der Waals surface area contributed by atoms with Crippen molar-refractivity contribution in [3.05, 3.63) is 42.2 Å². The summed E-state index contributed by atoms with van der Waals surface area (Å²) < 4.78 is 4.78. The molecule has 0 saturated heterocycles. The molecule has 14 heavy (non-hydrogen) atoms. The Morgan fingerprint density at radius 3 is 2.57 bits per heavy atom. The summed E-state index contributed by atoms with van der Waals surface area (Å²) in [6.45, 7) is 2.01. The minimum Gasteiger partial charge on any atom is -0.515 e. The van der Waals surface area contributed by atoms with Gasteiger partial charge < -0.3 is 9.84 Å². The summed E-state index contributed by atoms with van der Waals surface area (Å²) in [5.41, 5.74) is 0.820. The fourth-order valence-corrected chi connectivity index (χ4v) is 1.07. The molecule has 1 rings (SSSR count). The molecule has 0 saturated carbocycles. The molecule has 0 aliphatic carbocycles. The number of hydrogen-bond donors (Lipinski definition) is 1. The molecule has 0 unspecified atom stereocenters. The maximum absolute atomic E-state index is 11.3. The fourth-order valence-electron chi connectivity index (χ4n) is 1.07. The molecular formula is C11H12O3. The number of benzene rings is 1. The van der Waals surface area contributed by atoms with Gasteiger partial charge in [-0.1, -0.05) is 30.3 Å². The average Bonchev–Trinajstić information content (AvgIpc) is 2.21. The number of aliphatic hydroxyl groups is 1. The van der Waals surface area contributed by atoms with Crippen LogP contribution in [0.2, 0.25) is 0 Å². The number of aliphatic hydroxyl groups excluding tert-OH is 1. The maximum atomic E-state index is 11.3. The van der Waals surface area contributed by atoms with Crippen LogP contribution in [0.4, 0.5) is 0 Å². The predicted octanol–water partition coefficient (Wildman–Crippen LogP) is 2.15. The third-order valence-corrected chi connectivity index (χ3v) is 1.71. The largest absolute Gasteiger partial charge is 0.515 e. The van der Waals surface area contributed by atoms with Crippen molar-refractivity contribution in [1.82, 2.24) is 0 Å². The Kier molecular flexibility index (Phi) is 3.73. The normalized spacial score (nSPS) is 11.1. The zero-order chi connectivity index (χ0) is 10.4. The first-order valence-electron chi connectivity index (χ1n) is 4.36. The number of hydrogen-bond acceptors (Lipinski definition) is 3. The topological polar surface area (TPSA) is 46.5 Å². The molecule has 0 fully saturated rings. The Bertz CT molecular complexity index is 328. The number of carbonyl (C=O) groups excluding carboxylic acids is 1. The second kappa shape index (κ2) is 5.07. The number of esters is 1. The van der Waals surface area contributed by atoms with Crippen molar-refractivity contribution < 1.29 is 14.6 Å². The van der Waals surface area contributed by atoms with Gasteiger partial charge in [-0.3, -0.25) is 0 Å². The number of rotatable bonds is 3. The van der Waals surface area contributed by atoms with Gasteiger partial charge in [0.1, 0.15) is 5.57 Å². The third-order valence-electron chi connectivity index (χ3n) is 1.71. The summed E-state index contributed by atoms with van der Waals surface area (Å²) in [4.78, 5) is 11.3. The molecule has 1 aromatic carbocycles. The zero-order valence-electron chi connectivity index (χ0n) is 7.93. The van der Waals surface area contributed by atoms with Gasteiger partial charge in [0.05, 0.1) is 12.9 Å². The van der Waals surface area contributed by atoms with E-state index in [4.69, 9.17) is 9.84 Å². The number of ether oxygens (including phenoxy) is 1. The van der Waals surface area contributed by atoms with Crippen LogP contribution < -0.4 is 0 Å². The van der Waals surface area contributed by atoms with Gasteiger partial charge in [0.25, 0.3) is 0 Å². The Morgan fingerprint density at radius 1 is 1.43 bits per heavy atom. The van der Waals surface area contributed by atoms with E-state index in [-0.39, 0.29) is 5.57 Å². The molecule has 0 aliphatic heterocycles. The van der Waals surface area contributed by atoms with E-state index in [2.05, 4.69) is 0 Å². The lowest BCUT2D eigenvalue weighted by atomic mass is 10.1. The van der Waals surface area contributed by atoms with E-state index in [1.54, 1.807) is 31.2 Å². The molecule has 3 nitrogen and oxygen atoms in total. The molecule has 0 atom stereocenters. The summed E-state index contributed by atoms with van der Waals surface area (Å²) >= 11 is 0. The molecule has 0 aromatic heterocycles. The molecule has 0 amide bonds. The summed E-state index contributed by atoms with van der Waals surface area (Å²) in [5, 5.41) is 8.91. The van der Waals surface area contributed by atoms with Crippen LogP contribution in [0, 0.1) is 0 Å². The Hall–Kier alpha value is -1.77. The standard InChI is InChI=1S/C11H12O3/c1-2-14-11(13)10(8-12)9-6-4-3-5-7-9/h3-8,12H,2H2,1H3. The lowest BCUT2D eigenvalue weighted by Crippen LogP contribution is -2.06. The highest BCUT2D eigenvalue weighted by Gasteiger charge is 2.12. The Balaban J connectivity index is 2.89. The molecule has 74 valence electrons. The van der Waals surface area contributed by atoms with E-state index in [9.17, 15) is 4.79 Å². The van der Waals surface area contributed by atoms with Crippen molar-refractivity contribution in [1.29, 1.82) is 0 Å². The van der Waals surface area contributed by atoms with Gasteiger partial charge >= 0.3 is 5.97 Å². The van der Waals surface area contributed by atoms with Crippen LogP contribution in [0.25, 0.3) is 5.57 Å². The van der Waals surface area contributed by atoms with Crippen molar-refractivity contribution in [2.75, 3.05) is 6.61 Å². The van der Waals surface area contributed by atoms with Crippen LogP contribution in [0.1, 0.15) is 12.5 Å². The van der Waals surface area contributed by atoms with E-state index < -0.39 is 5.97 Å². The monoisotopic (exact) mass is 192 g/mol. The first kappa shape index (κ1) is 10.3. The van der Waals surface area contributed by atoms with Gasteiger partial charge in [0.2, 0.25) is 0 Å². The maximum Gasteiger partial charge on any atom is 0.341 e. The van der Waals surface area contributed by atoms with Crippen molar-refractivity contribution >= 4 is 11.5 Å². The highest BCUT2D eigenvalue weighted by atomic mass is 16.5. The van der Waals surface area contributed by atoms with Crippen LogP contribution >= 0.6 is 0 Å². The number of carbonyl (C=O) groups is 1. The van der Waals surface area contributed by atoms with Gasteiger partial charge in [-0.2, -0.15) is 0 Å². The van der Waals surface area contributed by atoms with Gasteiger partial charge in [0, 0.05) is 0 Å². The smallest absolute Gasteiger partial charge is 0.341 e. The fraction of sp³-hybridized carbons (Fsp3) is 0.182. The van der Waals surface area contributed by atoms with Crippen LogP contribution in [-0.4, -0.2) is 17.7 Å². The van der Waals surface area contributed by atoms with E-state index in [0.717, 1.165) is 6.26 Å². The minimum atomic E-state index is -0.513. The van der Waals surface area contributed by atoms with Gasteiger partial charge in [-0.05, 0) is 12.5 Å². The van der Waals surface area contributed by atoms with Crippen molar-refractivity contribution in [2.24, 2.45) is 0 Å². The summed E-state index contributed by atoms with van der Waals surface area (Å²) in [6, 6.07) is 8.89. The minimum absolute atomic E-state index is 0.174. The molecule has 0 aliphatic rings. The quantitative estimate of drug-likeness (QED) is 0.453. The summed E-state index contributed by atoms with van der Waals surface area (Å²) in [5.74, 6) is -0.513. The van der Waals surface area contributed by atoms with E-state index in [1.807, 2.05) is 6.07 Å². The second-order valence-corrected chi connectivity index (χ2v) is 2.63. The molecule has 0 bridgehead atoms. The van der Waals surface area contributed by atoms with E-state index in [1.165, 1.54) is 0 Å². The molecule has 3 heteroatoms. The molecule has 0 heterocycles. The molecular weight excluding hydrogens is 180 g/mol. The lowest BCUT2D eigenvalue weighted by Gasteiger charge is -2.04. The summed E-state index contributed by atoms with van der Waals surface area (Å²) in [7, 11) is 0. The van der Waals surface area contributed by atoms with Crippen LogP contribution in [0.3, 0.4) is 0 Å². The Morgan fingerprint density at radius 2 is 2.07 bits per heavy atom. The molecule has 0 spiro atoms. The van der Waals surface area contributed by atoms with E-state index >= 15 is 0 Å². The summed E-state index contributed by atoms with van der Waals surface area (Å²) in [6.07, 6.45) is 0.771. The van der Waals surface area contributed by atoms with Crippen LogP contribution in [0.15, 0.2) is 36.6 Å². The second-order valence-electron chi connectivity index (χ2n) is 2.63. The van der Waals surface area contributed by atoms with Crippen LogP contribution in [-0.2, 0) is 9.53 Å². The zero-order valence-corrected chi connectivity index (χ0v) is 7.93. The average molecular weight is 192 g/mol. The molecule has 1 aromatic rings. The molecule has 0 radical (unpaired) electrons. The first-order chi connectivity index (χ1) is 6.79. The lowest BCUT2D eigenvalue weighted by molar-refractivity contribution is -0.136. The highest BCUT2D eigenvalue weighted by molar-refractivity contribution is 6.16. The van der Waals surface area contributed by atoms with Crippen LogP contribution in [0.5, 0.6) is 0 Å². The SMILES string of the molecule is CCOC(=O)C(=CO)c1ccccc1. The Labute approximate surface area is 82.6 Å². The molecule has 1 N–H and O–H groups in total. The van der Waals surface area contributed by atoms with Gasteiger partial charge in [0.15, 0.2) is 0 Å². The third kappa shape index (κ3) is 2.36. The highest BCUT2D eigenvalue weighted by Crippen LogP contribution is 2.14. The van der Waals surface area contributed by atoms with Gasteiger partial charge in [-0.25, -0.2) is 4.79 Å². The predicted molar refractivity (Wildman–Crippen MR) is 53.7 cm³/mol. The first-order valence-corrected chi connectivity index (χ1v) is 4.36. The van der Waals surface area contributed by atoms with Crippen molar-refractivity contribution in [3.63, 3.8) is 0 Å². The van der Waals surface area contributed by atoms with Crippen molar-refractivity contribution in [3.8, 4) is 0 Å². The van der Waals surface area contributed by atoms with E-state index in [0.29, 0.717) is 12.2 Å². The van der Waals surface area contributed by atoms with Gasteiger partial charge in [-0.15, -0.1) is 0 Å².